The quantitative estimate of drug-likeness (QED) is 0.661. The smallest absolute Gasteiger partial charge is 0.489 e. The summed E-state index contributed by atoms with van der Waals surface area (Å²) in [6.45, 7) is 1.27. The third kappa shape index (κ3) is 2.94. The van der Waals surface area contributed by atoms with E-state index >= 15 is 0 Å². The van der Waals surface area contributed by atoms with Crippen LogP contribution in [0.15, 0.2) is 18.5 Å². The lowest BCUT2D eigenvalue weighted by Crippen LogP contribution is -2.30. The highest BCUT2D eigenvalue weighted by atomic mass is 16.5. The second kappa shape index (κ2) is 5.29. The molecule has 86 valence electrons. The molecule has 1 saturated heterocycles. The number of hydrogen-bond donors (Lipinski definition) is 2. The van der Waals surface area contributed by atoms with Gasteiger partial charge in [-0.25, -0.2) is 0 Å². The summed E-state index contributed by atoms with van der Waals surface area (Å²) < 4.78 is 10.9. The Morgan fingerprint density at radius 1 is 1.50 bits per heavy atom. The molecule has 1 aliphatic heterocycles. The number of aromatic nitrogens is 1. The summed E-state index contributed by atoms with van der Waals surface area (Å²) in [5.41, 5.74) is 0.324. The number of pyridine rings is 1. The second-order valence-electron chi connectivity index (χ2n) is 3.77. The van der Waals surface area contributed by atoms with Crippen LogP contribution in [0, 0.1) is 0 Å². The molecule has 2 heterocycles. The molecule has 5 nitrogen and oxygen atoms in total. The van der Waals surface area contributed by atoms with Crippen LogP contribution in [0.4, 0.5) is 0 Å². The van der Waals surface area contributed by atoms with Crippen molar-refractivity contribution in [1.29, 1.82) is 0 Å². The van der Waals surface area contributed by atoms with Crippen molar-refractivity contribution in [3.63, 3.8) is 0 Å². The monoisotopic (exact) mass is 223 g/mol. The van der Waals surface area contributed by atoms with Gasteiger partial charge in [0.1, 0.15) is 12.4 Å². The Kier molecular flexibility index (Phi) is 3.76. The van der Waals surface area contributed by atoms with Crippen molar-refractivity contribution in [3.8, 4) is 5.75 Å². The molecule has 0 aromatic carbocycles. The van der Waals surface area contributed by atoms with E-state index in [1.165, 1.54) is 6.20 Å². The summed E-state index contributed by atoms with van der Waals surface area (Å²) in [4.78, 5) is 3.87. The first-order valence-corrected chi connectivity index (χ1v) is 5.31. The van der Waals surface area contributed by atoms with Gasteiger partial charge in [-0.2, -0.15) is 0 Å². The van der Waals surface area contributed by atoms with Gasteiger partial charge in [-0.1, -0.05) is 0 Å². The van der Waals surface area contributed by atoms with Gasteiger partial charge in [0, 0.05) is 18.3 Å². The van der Waals surface area contributed by atoms with Crippen LogP contribution in [0.25, 0.3) is 0 Å². The Bertz CT molecular complexity index is 341. The molecule has 1 aliphatic rings. The first-order chi connectivity index (χ1) is 7.75. The summed E-state index contributed by atoms with van der Waals surface area (Å²) in [6, 6.07) is 1.56. The fourth-order valence-corrected chi connectivity index (χ4v) is 1.62. The van der Waals surface area contributed by atoms with E-state index in [0.29, 0.717) is 17.8 Å². The molecule has 0 amide bonds. The fourth-order valence-electron chi connectivity index (χ4n) is 1.62. The number of nitrogens with zero attached hydrogens (tertiary/aromatic N) is 1. The summed E-state index contributed by atoms with van der Waals surface area (Å²) >= 11 is 0. The van der Waals surface area contributed by atoms with Crippen molar-refractivity contribution in [2.75, 3.05) is 13.2 Å². The van der Waals surface area contributed by atoms with Crippen LogP contribution in [-0.4, -0.2) is 41.5 Å². The Labute approximate surface area is 94.2 Å². The van der Waals surface area contributed by atoms with E-state index < -0.39 is 7.12 Å². The molecule has 0 spiro atoms. The van der Waals surface area contributed by atoms with Gasteiger partial charge in [0.05, 0.1) is 12.3 Å². The summed E-state index contributed by atoms with van der Waals surface area (Å²) in [6.07, 6.45) is 5.16. The summed E-state index contributed by atoms with van der Waals surface area (Å²) in [5, 5.41) is 17.9. The lowest BCUT2D eigenvalue weighted by molar-refractivity contribution is 0.0678. The standard InChI is InChI=1S/C10H14BNO4/c13-11(14)8-4-10(6-12-5-8)16-7-9-2-1-3-15-9/h4-6,9,13-14H,1-3,7H2. The lowest BCUT2D eigenvalue weighted by Gasteiger charge is -2.11. The normalized spacial score (nSPS) is 19.8. The first-order valence-electron chi connectivity index (χ1n) is 5.31. The minimum atomic E-state index is -1.52. The molecule has 1 aromatic rings. The minimum Gasteiger partial charge on any atom is -0.489 e. The third-order valence-corrected chi connectivity index (χ3v) is 2.49. The highest BCUT2D eigenvalue weighted by Gasteiger charge is 2.17. The van der Waals surface area contributed by atoms with Crippen LogP contribution >= 0.6 is 0 Å². The maximum atomic E-state index is 8.96. The molecule has 1 aromatic heterocycles. The molecule has 1 unspecified atom stereocenters. The van der Waals surface area contributed by atoms with Crippen LogP contribution in [-0.2, 0) is 4.74 Å². The lowest BCUT2D eigenvalue weighted by atomic mass is 9.82. The summed E-state index contributed by atoms with van der Waals surface area (Å²) in [7, 11) is -1.52. The van der Waals surface area contributed by atoms with Gasteiger partial charge in [-0.05, 0) is 18.9 Å². The molecule has 1 atom stereocenters. The number of hydrogen-bond acceptors (Lipinski definition) is 5. The molecule has 0 bridgehead atoms. The molecule has 0 aliphatic carbocycles. The van der Waals surface area contributed by atoms with E-state index in [2.05, 4.69) is 4.98 Å². The predicted octanol–water partition coefficient (Wildman–Crippen LogP) is -0.681. The highest BCUT2D eigenvalue weighted by molar-refractivity contribution is 6.58. The second-order valence-corrected chi connectivity index (χ2v) is 3.77. The molecule has 2 N–H and O–H groups in total. The zero-order valence-electron chi connectivity index (χ0n) is 8.87. The van der Waals surface area contributed by atoms with Gasteiger partial charge >= 0.3 is 7.12 Å². The number of ether oxygens (including phenoxy) is 2. The van der Waals surface area contributed by atoms with Gasteiger partial charge in [0.15, 0.2) is 0 Å². The van der Waals surface area contributed by atoms with E-state index in [4.69, 9.17) is 19.5 Å². The van der Waals surface area contributed by atoms with Crippen molar-refractivity contribution in [3.05, 3.63) is 18.5 Å². The third-order valence-electron chi connectivity index (χ3n) is 2.49. The Morgan fingerprint density at radius 2 is 2.38 bits per heavy atom. The maximum absolute atomic E-state index is 8.96. The van der Waals surface area contributed by atoms with E-state index in [1.54, 1.807) is 12.3 Å². The van der Waals surface area contributed by atoms with Crippen molar-refractivity contribution in [2.24, 2.45) is 0 Å². The SMILES string of the molecule is OB(O)c1cncc(OCC2CCCO2)c1. The average molecular weight is 223 g/mol. The minimum absolute atomic E-state index is 0.141. The van der Waals surface area contributed by atoms with Crippen LogP contribution in [0.1, 0.15) is 12.8 Å². The molecule has 2 rings (SSSR count). The number of rotatable bonds is 4. The zero-order valence-corrected chi connectivity index (χ0v) is 8.87. The van der Waals surface area contributed by atoms with Crippen LogP contribution < -0.4 is 10.2 Å². The Hall–Kier alpha value is -1.11. The predicted molar refractivity (Wildman–Crippen MR) is 58.5 cm³/mol. The van der Waals surface area contributed by atoms with Crippen molar-refractivity contribution >= 4 is 12.6 Å². The van der Waals surface area contributed by atoms with E-state index in [9.17, 15) is 0 Å². The van der Waals surface area contributed by atoms with E-state index in [-0.39, 0.29) is 6.10 Å². The van der Waals surface area contributed by atoms with Crippen LogP contribution in [0.2, 0.25) is 0 Å². The Morgan fingerprint density at radius 3 is 3.06 bits per heavy atom. The molecule has 0 radical (unpaired) electrons. The summed E-state index contributed by atoms with van der Waals surface area (Å²) in [5.74, 6) is 0.529. The molecule has 1 fully saturated rings. The molecule has 0 saturated carbocycles. The Balaban J connectivity index is 1.90. The first kappa shape index (κ1) is 11.4. The molecular formula is C10H14BNO4. The van der Waals surface area contributed by atoms with Gasteiger partial charge in [0.25, 0.3) is 0 Å². The molecular weight excluding hydrogens is 209 g/mol. The van der Waals surface area contributed by atoms with Gasteiger partial charge in [-0.15, -0.1) is 0 Å². The van der Waals surface area contributed by atoms with Gasteiger partial charge in [0.2, 0.25) is 0 Å². The molecule has 16 heavy (non-hydrogen) atoms. The largest absolute Gasteiger partial charge is 0.490 e. The van der Waals surface area contributed by atoms with Gasteiger partial charge in [-0.3, -0.25) is 4.98 Å². The zero-order chi connectivity index (χ0) is 11.4. The van der Waals surface area contributed by atoms with Crippen molar-refractivity contribution in [2.45, 2.75) is 18.9 Å². The maximum Gasteiger partial charge on any atom is 0.490 e. The average Bonchev–Trinajstić information content (AvgIpc) is 2.79. The topological polar surface area (TPSA) is 71.8 Å². The van der Waals surface area contributed by atoms with Crippen LogP contribution in [0.5, 0.6) is 5.75 Å². The van der Waals surface area contributed by atoms with E-state index in [0.717, 1.165) is 19.4 Å². The van der Waals surface area contributed by atoms with Crippen molar-refractivity contribution in [1.82, 2.24) is 4.98 Å². The highest BCUT2D eigenvalue weighted by Crippen LogP contribution is 2.14. The van der Waals surface area contributed by atoms with Crippen LogP contribution in [0.3, 0.4) is 0 Å². The fraction of sp³-hybridized carbons (Fsp3) is 0.500. The van der Waals surface area contributed by atoms with Crippen molar-refractivity contribution < 1.29 is 19.5 Å². The van der Waals surface area contributed by atoms with E-state index in [1.807, 2.05) is 0 Å². The van der Waals surface area contributed by atoms with Gasteiger partial charge < -0.3 is 19.5 Å². The molecule has 6 heteroatoms.